The van der Waals surface area contributed by atoms with Crippen molar-refractivity contribution >= 4 is 38.7 Å². The van der Waals surface area contributed by atoms with E-state index in [4.69, 9.17) is 0 Å². The molecular weight excluding hydrogens is 420 g/mol. The maximum absolute atomic E-state index is 13.1. The van der Waals surface area contributed by atoms with Crippen molar-refractivity contribution in [2.45, 2.75) is 31.6 Å². The van der Waals surface area contributed by atoms with Crippen molar-refractivity contribution in [3.05, 3.63) is 53.1 Å². The van der Waals surface area contributed by atoms with Crippen LogP contribution in [0.2, 0.25) is 0 Å². The fourth-order valence-corrected chi connectivity index (χ4v) is 6.01. The summed E-state index contributed by atoms with van der Waals surface area (Å²) in [6, 6.07) is 11.3. The summed E-state index contributed by atoms with van der Waals surface area (Å²) in [5, 5.41) is 0. The third kappa shape index (κ3) is 4.10. The molecule has 7 nitrogen and oxygen atoms in total. The van der Waals surface area contributed by atoms with Crippen molar-refractivity contribution in [3.8, 4) is 0 Å². The molecule has 2 aromatic carbocycles. The fourth-order valence-electron chi connectivity index (χ4n) is 3.83. The normalized spacial score (nSPS) is 15.6. The monoisotopic (exact) mass is 444 g/mol. The number of fused-ring (bicyclic) bond motifs is 1. The summed E-state index contributed by atoms with van der Waals surface area (Å²) in [7, 11) is -3.67. The van der Waals surface area contributed by atoms with Crippen molar-refractivity contribution in [3.63, 3.8) is 0 Å². The van der Waals surface area contributed by atoms with Gasteiger partial charge < -0.3 is 4.90 Å². The van der Waals surface area contributed by atoms with E-state index >= 15 is 0 Å². The number of rotatable bonds is 5. The second-order valence-electron chi connectivity index (χ2n) is 7.60. The van der Waals surface area contributed by atoms with Crippen molar-refractivity contribution in [1.82, 2.24) is 18.0 Å². The van der Waals surface area contributed by atoms with Crippen LogP contribution in [-0.2, 0) is 21.2 Å². The Bertz CT molecular complexity index is 1180. The SMILES string of the molecule is Cc1ccc(CCC(=O)N2CCN(S(=O)(=O)c3cccc4nsnc34)CC2)c(C)c1. The van der Waals surface area contributed by atoms with Crippen LogP contribution in [0.3, 0.4) is 0 Å². The van der Waals surface area contributed by atoms with E-state index in [0.717, 1.165) is 11.7 Å². The summed E-state index contributed by atoms with van der Waals surface area (Å²) in [5.41, 5.74) is 4.59. The summed E-state index contributed by atoms with van der Waals surface area (Å²) >= 11 is 1.00. The number of carbonyl (C=O) groups is 1. The maximum atomic E-state index is 13.1. The highest BCUT2D eigenvalue weighted by Crippen LogP contribution is 2.25. The van der Waals surface area contributed by atoms with Crippen LogP contribution < -0.4 is 0 Å². The molecule has 1 fully saturated rings. The first kappa shape index (κ1) is 20.9. The summed E-state index contributed by atoms with van der Waals surface area (Å²) < 4.78 is 35.9. The Hall–Kier alpha value is -2.36. The van der Waals surface area contributed by atoms with Gasteiger partial charge in [-0.25, -0.2) is 8.42 Å². The Morgan fingerprint density at radius 2 is 1.83 bits per heavy atom. The lowest BCUT2D eigenvalue weighted by atomic mass is 10.0. The second kappa shape index (κ2) is 8.41. The van der Waals surface area contributed by atoms with E-state index in [9.17, 15) is 13.2 Å². The molecule has 1 aliphatic heterocycles. The minimum absolute atomic E-state index is 0.0674. The van der Waals surface area contributed by atoms with Gasteiger partial charge in [-0.05, 0) is 43.5 Å². The molecule has 3 aromatic rings. The van der Waals surface area contributed by atoms with Gasteiger partial charge in [0, 0.05) is 32.6 Å². The Morgan fingerprint density at radius 3 is 2.57 bits per heavy atom. The zero-order valence-electron chi connectivity index (χ0n) is 17.0. The fraction of sp³-hybridized carbons (Fsp3) is 0.381. The number of carbonyl (C=O) groups excluding carboxylic acids is 1. The van der Waals surface area contributed by atoms with E-state index in [1.54, 1.807) is 23.1 Å². The van der Waals surface area contributed by atoms with E-state index in [2.05, 4.69) is 40.8 Å². The highest BCUT2D eigenvalue weighted by Gasteiger charge is 2.31. The minimum Gasteiger partial charge on any atom is -0.340 e. The lowest BCUT2D eigenvalue weighted by molar-refractivity contribution is -0.132. The van der Waals surface area contributed by atoms with Crippen LogP contribution in [0.15, 0.2) is 41.3 Å². The van der Waals surface area contributed by atoms with E-state index < -0.39 is 10.0 Å². The first-order chi connectivity index (χ1) is 14.4. The van der Waals surface area contributed by atoms with Gasteiger partial charge in [0.05, 0.1) is 11.7 Å². The van der Waals surface area contributed by atoms with Gasteiger partial charge in [-0.1, -0.05) is 29.8 Å². The van der Waals surface area contributed by atoms with Crippen LogP contribution in [0.4, 0.5) is 0 Å². The Kier molecular flexibility index (Phi) is 5.86. The van der Waals surface area contributed by atoms with Gasteiger partial charge in [0.2, 0.25) is 15.9 Å². The molecular formula is C21H24N4O3S2. The zero-order valence-corrected chi connectivity index (χ0v) is 18.7. The van der Waals surface area contributed by atoms with Crippen LogP contribution in [0.5, 0.6) is 0 Å². The number of piperazine rings is 1. The maximum Gasteiger partial charge on any atom is 0.245 e. The summed E-state index contributed by atoms with van der Waals surface area (Å²) in [4.78, 5) is 14.6. The van der Waals surface area contributed by atoms with E-state index in [-0.39, 0.29) is 23.9 Å². The number of nitrogens with zero attached hydrogens (tertiary/aromatic N) is 4. The first-order valence-electron chi connectivity index (χ1n) is 9.91. The number of aromatic nitrogens is 2. The van der Waals surface area contributed by atoms with Gasteiger partial charge in [0.25, 0.3) is 0 Å². The molecule has 2 heterocycles. The van der Waals surface area contributed by atoms with E-state index in [1.807, 2.05) is 0 Å². The summed E-state index contributed by atoms with van der Waals surface area (Å²) in [6.07, 6.45) is 1.13. The van der Waals surface area contributed by atoms with Crippen molar-refractivity contribution in [2.75, 3.05) is 26.2 Å². The van der Waals surface area contributed by atoms with Gasteiger partial charge in [0.15, 0.2) is 0 Å². The quantitative estimate of drug-likeness (QED) is 0.604. The molecule has 1 amide bonds. The Labute approximate surface area is 180 Å². The molecule has 0 bridgehead atoms. The topological polar surface area (TPSA) is 83.5 Å². The highest BCUT2D eigenvalue weighted by molar-refractivity contribution is 7.89. The predicted molar refractivity (Wildman–Crippen MR) is 117 cm³/mol. The molecule has 9 heteroatoms. The zero-order chi connectivity index (χ0) is 21.3. The number of hydrogen-bond donors (Lipinski definition) is 0. The van der Waals surface area contributed by atoms with Crippen LogP contribution in [0, 0.1) is 13.8 Å². The van der Waals surface area contributed by atoms with Gasteiger partial charge in [0.1, 0.15) is 15.9 Å². The van der Waals surface area contributed by atoms with Crippen LogP contribution in [0.1, 0.15) is 23.1 Å². The number of hydrogen-bond acceptors (Lipinski definition) is 6. The van der Waals surface area contributed by atoms with E-state index in [0.29, 0.717) is 37.0 Å². The highest BCUT2D eigenvalue weighted by atomic mass is 32.2. The molecule has 0 spiro atoms. The average molecular weight is 445 g/mol. The average Bonchev–Trinajstić information content (AvgIpc) is 3.22. The van der Waals surface area contributed by atoms with Gasteiger partial charge in [-0.2, -0.15) is 13.1 Å². The third-order valence-corrected chi connectivity index (χ3v) is 8.04. The Balaban J connectivity index is 1.38. The lowest BCUT2D eigenvalue weighted by Crippen LogP contribution is -2.50. The van der Waals surface area contributed by atoms with Gasteiger partial charge in [-0.3, -0.25) is 4.79 Å². The predicted octanol–water partition coefficient (Wildman–Crippen LogP) is 2.77. The largest absolute Gasteiger partial charge is 0.340 e. The molecule has 0 unspecified atom stereocenters. The number of sulfonamides is 1. The van der Waals surface area contributed by atoms with Gasteiger partial charge in [-0.15, -0.1) is 0 Å². The molecule has 1 aromatic heterocycles. The standard InChI is InChI=1S/C21H24N4O3S2/c1-15-6-7-17(16(2)14-15)8-9-20(26)24-10-12-25(13-11-24)30(27,28)19-5-3-4-18-21(19)23-29-22-18/h3-7,14H,8-13H2,1-2H3. The molecule has 30 heavy (non-hydrogen) atoms. The molecule has 0 saturated carbocycles. The van der Waals surface area contributed by atoms with Crippen LogP contribution in [-0.4, -0.2) is 58.5 Å². The molecule has 0 atom stereocenters. The molecule has 0 N–H and O–H groups in total. The lowest BCUT2D eigenvalue weighted by Gasteiger charge is -2.34. The Morgan fingerprint density at radius 1 is 1.07 bits per heavy atom. The molecule has 0 aliphatic carbocycles. The smallest absolute Gasteiger partial charge is 0.245 e. The van der Waals surface area contributed by atoms with Crippen LogP contribution in [0.25, 0.3) is 11.0 Å². The number of benzene rings is 2. The molecule has 1 aliphatic rings. The summed E-state index contributed by atoms with van der Waals surface area (Å²) in [6.45, 7) is 5.49. The molecule has 158 valence electrons. The molecule has 0 radical (unpaired) electrons. The van der Waals surface area contributed by atoms with Gasteiger partial charge >= 0.3 is 0 Å². The minimum atomic E-state index is -3.67. The van der Waals surface area contributed by atoms with Crippen LogP contribution >= 0.6 is 11.7 Å². The second-order valence-corrected chi connectivity index (χ2v) is 10.0. The molecule has 1 saturated heterocycles. The third-order valence-electron chi connectivity index (χ3n) is 5.56. The van der Waals surface area contributed by atoms with Crippen molar-refractivity contribution < 1.29 is 13.2 Å². The summed E-state index contributed by atoms with van der Waals surface area (Å²) in [5.74, 6) is 0.0674. The number of aryl methyl sites for hydroxylation is 3. The van der Waals surface area contributed by atoms with Crippen molar-refractivity contribution in [2.24, 2.45) is 0 Å². The van der Waals surface area contributed by atoms with E-state index in [1.165, 1.54) is 21.0 Å². The first-order valence-corrected chi connectivity index (χ1v) is 12.1. The van der Waals surface area contributed by atoms with Crippen molar-refractivity contribution in [1.29, 1.82) is 0 Å². The molecule has 4 rings (SSSR count). The number of amides is 1.